The summed E-state index contributed by atoms with van der Waals surface area (Å²) in [4.78, 5) is 0. The van der Waals surface area contributed by atoms with Crippen molar-refractivity contribution in [3.05, 3.63) is 53.6 Å². The molecule has 0 bridgehead atoms. The summed E-state index contributed by atoms with van der Waals surface area (Å²) in [5, 5.41) is 0.796. The van der Waals surface area contributed by atoms with E-state index in [0.29, 0.717) is 5.58 Å². The zero-order valence-electron chi connectivity index (χ0n) is 19.3. The summed E-state index contributed by atoms with van der Waals surface area (Å²) >= 11 is 0. The molecule has 171 valence electrons. The highest BCUT2D eigenvalue weighted by molar-refractivity contribution is 6.33. The average molecular weight is 443 g/mol. The summed E-state index contributed by atoms with van der Waals surface area (Å²) in [6, 6.07) is 11.7. The lowest BCUT2D eigenvalue weighted by Crippen LogP contribution is -2.28. The van der Waals surface area contributed by atoms with E-state index in [-0.39, 0.29) is 17.1 Å². The number of fused-ring (bicyclic) bond motifs is 1. The minimum absolute atomic E-state index is 0.0216. The van der Waals surface area contributed by atoms with Gasteiger partial charge in [-0.15, -0.1) is 0 Å². The SMILES string of the molecule is C[B]CCC(C)(C)Oc1ccc(-c2cc3ccc(CCCCC)cc3o2)c(C(F)(F)F)c1. The molecule has 3 rings (SSSR count). The third kappa shape index (κ3) is 6.11. The van der Waals surface area contributed by atoms with Crippen LogP contribution in [0.5, 0.6) is 5.75 Å². The number of aryl methyl sites for hydroxylation is 1. The molecule has 1 radical (unpaired) electrons. The van der Waals surface area contributed by atoms with Crippen LogP contribution in [0.25, 0.3) is 22.3 Å². The van der Waals surface area contributed by atoms with Crippen LogP contribution in [-0.4, -0.2) is 12.9 Å². The normalized spacial score (nSPS) is 12.3. The Hall–Kier alpha value is -2.37. The summed E-state index contributed by atoms with van der Waals surface area (Å²) in [5.41, 5.74) is 0.450. The minimum atomic E-state index is -4.53. The Bertz CT molecular complexity index is 1040. The van der Waals surface area contributed by atoms with Gasteiger partial charge in [0.05, 0.1) is 5.56 Å². The highest BCUT2D eigenvalue weighted by atomic mass is 19.4. The number of hydrogen-bond acceptors (Lipinski definition) is 2. The maximum Gasteiger partial charge on any atom is 0.417 e. The second kappa shape index (κ2) is 10.1. The number of unbranched alkanes of at least 4 members (excludes halogenated alkanes) is 2. The van der Waals surface area contributed by atoms with E-state index in [0.717, 1.165) is 55.4 Å². The van der Waals surface area contributed by atoms with Crippen LogP contribution < -0.4 is 4.74 Å². The van der Waals surface area contributed by atoms with Gasteiger partial charge in [-0.05, 0) is 69.0 Å². The first-order valence-electron chi connectivity index (χ1n) is 11.3. The number of rotatable bonds is 10. The molecule has 6 heteroatoms. The first-order chi connectivity index (χ1) is 15.1. The summed E-state index contributed by atoms with van der Waals surface area (Å²) in [7, 11) is 2.02. The molecule has 0 amide bonds. The van der Waals surface area contributed by atoms with Crippen LogP contribution >= 0.6 is 0 Å². The van der Waals surface area contributed by atoms with Gasteiger partial charge in [-0.25, -0.2) is 0 Å². The van der Waals surface area contributed by atoms with Crippen molar-refractivity contribution in [3.8, 4) is 17.1 Å². The topological polar surface area (TPSA) is 22.4 Å². The number of benzene rings is 2. The van der Waals surface area contributed by atoms with E-state index in [2.05, 4.69) is 6.92 Å². The molecule has 32 heavy (non-hydrogen) atoms. The first kappa shape index (κ1) is 24.3. The fourth-order valence-electron chi connectivity index (χ4n) is 3.84. The van der Waals surface area contributed by atoms with E-state index in [1.54, 1.807) is 12.1 Å². The Morgan fingerprint density at radius 3 is 2.47 bits per heavy atom. The van der Waals surface area contributed by atoms with Gasteiger partial charge >= 0.3 is 6.18 Å². The zero-order valence-corrected chi connectivity index (χ0v) is 19.3. The number of alkyl halides is 3. The van der Waals surface area contributed by atoms with E-state index >= 15 is 0 Å². The monoisotopic (exact) mass is 443 g/mol. The fourth-order valence-corrected chi connectivity index (χ4v) is 3.84. The Morgan fingerprint density at radius 1 is 1.00 bits per heavy atom. The molecule has 0 aliphatic rings. The average Bonchev–Trinajstić information content (AvgIpc) is 3.15. The van der Waals surface area contributed by atoms with Crippen molar-refractivity contribution in [2.24, 2.45) is 0 Å². The van der Waals surface area contributed by atoms with Crippen LogP contribution in [0.4, 0.5) is 13.2 Å². The lowest BCUT2D eigenvalue weighted by Gasteiger charge is -2.27. The molecule has 2 nitrogen and oxygen atoms in total. The molecule has 0 spiro atoms. The molecular formula is C26H31BF3O2. The van der Waals surface area contributed by atoms with Crippen LogP contribution in [0.2, 0.25) is 13.1 Å². The second-order valence-electron chi connectivity index (χ2n) is 8.95. The molecule has 0 aliphatic carbocycles. The smallest absolute Gasteiger partial charge is 0.417 e. The van der Waals surface area contributed by atoms with Crippen molar-refractivity contribution in [2.45, 2.75) is 77.8 Å². The van der Waals surface area contributed by atoms with Gasteiger partial charge < -0.3 is 9.15 Å². The highest BCUT2D eigenvalue weighted by Crippen LogP contribution is 2.41. The van der Waals surface area contributed by atoms with Crippen molar-refractivity contribution in [1.82, 2.24) is 0 Å². The Labute approximate surface area is 189 Å². The van der Waals surface area contributed by atoms with Gasteiger partial charge in [-0.1, -0.05) is 45.0 Å². The van der Waals surface area contributed by atoms with Crippen LogP contribution in [0.1, 0.15) is 57.6 Å². The lowest BCUT2D eigenvalue weighted by atomic mass is 9.74. The Balaban J connectivity index is 1.93. The summed E-state index contributed by atoms with van der Waals surface area (Å²) in [6.07, 6.45) is 1.33. The first-order valence-corrected chi connectivity index (χ1v) is 11.3. The molecule has 0 saturated heterocycles. The minimum Gasteiger partial charge on any atom is -0.488 e. The Morgan fingerprint density at radius 2 is 1.78 bits per heavy atom. The third-order valence-electron chi connectivity index (χ3n) is 5.64. The molecule has 3 aromatic rings. The number of halogens is 3. The van der Waals surface area contributed by atoms with Crippen LogP contribution in [-0.2, 0) is 12.6 Å². The van der Waals surface area contributed by atoms with Crippen LogP contribution in [0.15, 0.2) is 46.9 Å². The van der Waals surface area contributed by atoms with E-state index in [1.807, 2.05) is 46.1 Å². The molecule has 0 N–H and O–H groups in total. The summed E-state index contributed by atoms with van der Waals surface area (Å²) in [6.45, 7) is 7.87. The van der Waals surface area contributed by atoms with Gasteiger partial charge in [0.15, 0.2) is 0 Å². The van der Waals surface area contributed by atoms with E-state index < -0.39 is 17.3 Å². The van der Waals surface area contributed by atoms with E-state index in [4.69, 9.17) is 9.15 Å². The molecule has 2 aromatic carbocycles. The standard InChI is InChI=1S/C26H31BF3O2/c1-5-6-7-8-18-9-10-19-16-24(31-23(19)15-18)21-12-11-20(17-22(21)26(28,29)30)32-25(2,3)13-14-27-4/h9-12,15-17H,5-8,13-14H2,1-4H3. The summed E-state index contributed by atoms with van der Waals surface area (Å²) in [5.74, 6) is 0.418. The molecular weight excluding hydrogens is 412 g/mol. The fraction of sp³-hybridized carbons (Fsp3) is 0.462. The molecule has 1 heterocycles. The van der Waals surface area contributed by atoms with Crippen molar-refractivity contribution in [3.63, 3.8) is 0 Å². The predicted octanol–water partition coefficient (Wildman–Crippen LogP) is 8.57. The van der Waals surface area contributed by atoms with Crippen molar-refractivity contribution < 1.29 is 22.3 Å². The van der Waals surface area contributed by atoms with E-state index in [1.165, 1.54) is 6.07 Å². The number of furan rings is 1. The molecule has 1 aromatic heterocycles. The predicted molar refractivity (Wildman–Crippen MR) is 126 cm³/mol. The Kier molecular flexibility index (Phi) is 7.63. The van der Waals surface area contributed by atoms with Crippen molar-refractivity contribution in [2.75, 3.05) is 0 Å². The number of hydrogen-bond donors (Lipinski definition) is 0. The van der Waals surface area contributed by atoms with Gasteiger partial charge in [0.25, 0.3) is 0 Å². The van der Waals surface area contributed by atoms with Gasteiger partial charge in [-0.3, -0.25) is 0 Å². The lowest BCUT2D eigenvalue weighted by molar-refractivity contribution is -0.137. The maximum absolute atomic E-state index is 13.9. The molecule has 0 aliphatic heterocycles. The summed E-state index contributed by atoms with van der Waals surface area (Å²) < 4.78 is 53.6. The van der Waals surface area contributed by atoms with Crippen molar-refractivity contribution in [1.29, 1.82) is 0 Å². The molecule has 0 atom stereocenters. The second-order valence-corrected chi connectivity index (χ2v) is 8.95. The third-order valence-corrected chi connectivity index (χ3v) is 5.64. The maximum atomic E-state index is 13.9. The van der Waals surface area contributed by atoms with Gasteiger partial charge in [0, 0.05) is 10.9 Å². The van der Waals surface area contributed by atoms with E-state index in [9.17, 15) is 13.2 Å². The van der Waals surface area contributed by atoms with Crippen molar-refractivity contribution >= 4 is 18.2 Å². The van der Waals surface area contributed by atoms with Gasteiger partial charge in [0.1, 0.15) is 30.0 Å². The van der Waals surface area contributed by atoms with Gasteiger partial charge in [0.2, 0.25) is 0 Å². The molecule has 0 fully saturated rings. The van der Waals surface area contributed by atoms with Crippen LogP contribution in [0.3, 0.4) is 0 Å². The largest absolute Gasteiger partial charge is 0.488 e. The molecule has 0 saturated carbocycles. The molecule has 0 unspecified atom stereocenters. The quantitative estimate of drug-likeness (QED) is 0.231. The zero-order chi connectivity index (χ0) is 23.4. The highest BCUT2D eigenvalue weighted by Gasteiger charge is 2.35. The van der Waals surface area contributed by atoms with Crippen LogP contribution in [0, 0.1) is 0 Å². The van der Waals surface area contributed by atoms with Gasteiger partial charge in [-0.2, -0.15) is 13.2 Å². The number of ether oxygens (including phenoxy) is 1.